The molecule has 1 aliphatic heterocycles. The molecule has 0 saturated carbocycles. The minimum absolute atomic E-state index is 0.816. The van der Waals surface area contributed by atoms with Gasteiger partial charge in [0.2, 0.25) is 0 Å². The van der Waals surface area contributed by atoms with Crippen molar-refractivity contribution in [2.24, 2.45) is 0 Å². The maximum atomic E-state index is 5.93. The summed E-state index contributed by atoms with van der Waals surface area (Å²) in [6.07, 6.45) is 0. The molecule has 2 nitrogen and oxygen atoms in total. The number of halogens is 1. The van der Waals surface area contributed by atoms with Crippen molar-refractivity contribution in [3.63, 3.8) is 0 Å². The summed E-state index contributed by atoms with van der Waals surface area (Å²) in [5.74, 6) is 0. The van der Waals surface area contributed by atoms with Gasteiger partial charge in [0.25, 0.3) is 0 Å². The lowest BCUT2D eigenvalue weighted by Crippen LogP contribution is -2.24. The quantitative estimate of drug-likeness (QED) is 0.682. The van der Waals surface area contributed by atoms with Crippen LogP contribution < -0.4 is 10.2 Å². The highest BCUT2D eigenvalue weighted by molar-refractivity contribution is 6.30. The maximum Gasteiger partial charge on any atom is 0.0410 e. The van der Waals surface area contributed by atoms with Crippen molar-refractivity contribution in [2.45, 2.75) is 6.54 Å². The van der Waals surface area contributed by atoms with Crippen molar-refractivity contribution >= 4 is 17.3 Å². The molecule has 1 heterocycles. The van der Waals surface area contributed by atoms with Crippen LogP contribution in [-0.4, -0.2) is 20.1 Å². The van der Waals surface area contributed by atoms with Gasteiger partial charge in [0.15, 0.2) is 0 Å². The third-order valence-corrected chi connectivity index (χ3v) is 2.63. The first-order valence-electron chi connectivity index (χ1n) is 4.47. The molecule has 0 amide bonds. The smallest absolute Gasteiger partial charge is 0.0410 e. The minimum Gasteiger partial charge on any atom is -0.373 e. The van der Waals surface area contributed by atoms with Gasteiger partial charge < -0.3 is 10.2 Å². The highest BCUT2D eigenvalue weighted by atomic mass is 35.5. The predicted octanol–water partition coefficient (Wildman–Crippen LogP) is 1.88. The second-order valence-corrected chi connectivity index (χ2v) is 3.81. The molecule has 0 unspecified atom stereocenters. The molecule has 13 heavy (non-hydrogen) atoms. The summed E-state index contributed by atoms with van der Waals surface area (Å²) in [5.41, 5.74) is 2.57. The monoisotopic (exact) mass is 196 g/mol. The van der Waals surface area contributed by atoms with E-state index in [9.17, 15) is 0 Å². The molecular formula is C10H13ClN2. The van der Waals surface area contributed by atoms with Crippen molar-refractivity contribution < 1.29 is 0 Å². The number of hydrogen-bond donors (Lipinski definition) is 1. The molecule has 1 aromatic rings. The molecule has 1 N–H and O–H groups in total. The van der Waals surface area contributed by atoms with E-state index in [1.807, 2.05) is 12.1 Å². The number of nitrogens with one attached hydrogen (secondary N) is 1. The van der Waals surface area contributed by atoms with Crippen LogP contribution in [0.5, 0.6) is 0 Å². The van der Waals surface area contributed by atoms with E-state index in [0.717, 1.165) is 24.7 Å². The van der Waals surface area contributed by atoms with Gasteiger partial charge in [-0.2, -0.15) is 0 Å². The third-order valence-electron chi connectivity index (χ3n) is 2.39. The van der Waals surface area contributed by atoms with Crippen molar-refractivity contribution in [3.8, 4) is 0 Å². The molecule has 0 spiro atoms. The Morgan fingerprint density at radius 1 is 1.46 bits per heavy atom. The summed E-state index contributed by atoms with van der Waals surface area (Å²) in [5, 5.41) is 4.18. The SMILES string of the molecule is CN1CCNCc2cc(Cl)ccc21. The fourth-order valence-corrected chi connectivity index (χ4v) is 1.85. The Balaban J connectivity index is 2.42. The highest BCUT2D eigenvalue weighted by Gasteiger charge is 2.10. The van der Waals surface area contributed by atoms with E-state index < -0.39 is 0 Å². The molecule has 0 aromatic heterocycles. The summed E-state index contributed by atoms with van der Waals surface area (Å²) in [6.45, 7) is 3.00. The van der Waals surface area contributed by atoms with Gasteiger partial charge in [-0.3, -0.25) is 0 Å². The lowest BCUT2D eigenvalue weighted by Gasteiger charge is -2.18. The standard InChI is InChI=1S/C10H13ClN2/c1-13-5-4-12-7-8-6-9(11)2-3-10(8)13/h2-3,6,12H,4-5,7H2,1H3. The van der Waals surface area contributed by atoms with Crippen LogP contribution in [0.1, 0.15) is 5.56 Å². The molecule has 0 bridgehead atoms. The molecule has 0 saturated heterocycles. The van der Waals surface area contributed by atoms with Gasteiger partial charge in [-0.05, 0) is 23.8 Å². The summed E-state index contributed by atoms with van der Waals surface area (Å²) in [7, 11) is 2.11. The van der Waals surface area contributed by atoms with Crippen LogP contribution in [0.4, 0.5) is 5.69 Å². The Labute approximate surface area is 83.5 Å². The van der Waals surface area contributed by atoms with Crippen LogP contribution in [0.25, 0.3) is 0 Å². The number of likely N-dealkylation sites (N-methyl/N-ethyl adjacent to an activating group) is 1. The van der Waals surface area contributed by atoms with E-state index in [-0.39, 0.29) is 0 Å². The van der Waals surface area contributed by atoms with Gasteiger partial charge in [0.1, 0.15) is 0 Å². The van der Waals surface area contributed by atoms with Gasteiger partial charge >= 0.3 is 0 Å². The Hall–Kier alpha value is -0.730. The molecule has 1 aliphatic rings. The van der Waals surface area contributed by atoms with Crippen molar-refractivity contribution in [3.05, 3.63) is 28.8 Å². The van der Waals surface area contributed by atoms with Crippen LogP contribution in [-0.2, 0) is 6.54 Å². The molecule has 2 rings (SSSR count). The molecule has 0 radical (unpaired) electrons. The normalized spacial score (nSPS) is 16.6. The first-order chi connectivity index (χ1) is 6.27. The zero-order valence-corrected chi connectivity index (χ0v) is 8.43. The number of rotatable bonds is 0. The largest absolute Gasteiger partial charge is 0.373 e. The van der Waals surface area contributed by atoms with Crippen LogP contribution >= 0.6 is 11.6 Å². The topological polar surface area (TPSA) is 15.3 Å². The van der Waals surface area contributed by atoms with E-state index in [0.29, 0.717) is 0 Å². The fourth-order valence-electron chi connectivity index (χ4n) is 1.66. The zero-order valence-electron chi connectivity index (χ0n) is 7.68. The fraction of sp³-hybridized carbons (Fsp3) is 0.400. The van der Waals surface area contributed by atoms with Gasteiger partial charge in [0.05, 0.1) is 0 Å². The Kier molecular flexibility index (Phi) is 2.42. The van der Waals surface area contributed by atoms with E-state index in [4.69, 9.17) is 11.6 Å². The van der Waals surface area contributed by atoms with Gasteiger partial charge in [-0.15, -0.1) is 0 Å². The Bertz CT molecular complexity index is 312. The second-order valence-electron chi connectivity index (χ2n) is 3.37. The minimum atomic E-state index is 0.816. The number of benzene rings is 1. The summed E-state index contributed by atoms with van der Waals surface area (Å²) < 4.78 is 0. The average molecular weight is 197 g/mol. The summed E-state index contributed by atoms with van der Waals surface area (Å²) in [6, 6.07) is 6.07. The highest BCUT2D eigenvalue weighted by Crippen LogP contribution is 2.24. The first kappa shape index (κ1) is 8.85. The molecule has 0 fully saturated rings. The van der Waals surface area contributed by atoms with E-state index in [1.54, 1.807) is 0 Å². The number of nitrogens with zero attached hydrogens (tertiary/aromatic N) is 1. The van der Waals surface area contributed by atoms with Crippen LogP contribution in [0.3, 0.4) is 0 Å². The van der Waals surface area contributed by atoms with Gasteiger partial charge in [-0.1, -0.05) is 11.6 Å². The first-order valence-corrected chi connectivity index (χ1v) is 4.85. The Morgan fingerprint density at radius 3 is 3.15 bits per heavy atom. The van der Waals surface area contributed by atoms with Gasteiger partial charge in [-0.25, -0.2) is 0 Å². The van der Waals surface area contributed by atoms with E-state index in [1.165, 1.54) is 11.3 Å². The maximum absolute atomic E-state index is 5.93. The summed E-state index contributed by atoms with van der Waals surface area (Å²) in [4.78, 5) is 2.26. The zero-order chi connectivity index (χ0) is 9.26. The lowest BCUT2D eigenvalue weighted by molar-refractivity contribution is 0.707. The molecule has 1 aromatic carbocycles. The predicted molar refractivity (Wildman–Crippen MR) is 56.4 cm³/mol. The number of anilines is 1. The van der Waals surface area contributed by atoms with Crippen LogP contribution in [0.2, 0.25) is 5.02 Å². The van der Waals surface area contributed by atoms with Crippen molar-refractivity contribution in [2.75, 3.05) is 25.0 Å². The number of hydrogen-bond acceptors (Lipinski definition) is 2. The molecule has 0 atom stereocenters. The molecule has 3 heteroatoms. The van der Waals surface area contributed by atoms with E-state index >= 15 is 0 Å². The lowest BCUT2D eigenvalue weighted by atomic mass is 10.1. The third kappa shape index (κ3) is 1.79. The van der Waals surface area contributed by atoms with Crippen LogP contribution in [0.15, 0.2) is 18.2 Å². The van der Waals surface area contributed by atoms with Crippen molar-refractivity contribution in [1.82, 2.24) is 5.32 Å². The number of fused-ring (bicyclic) bond motifs is 1. The Morgan fingerprint density at radius 2 is 2.31 bits per heavy atom. The summed E-state index contributed by atoms with van der Waals surface area (Å²) >= 11 is 5.93. The average Bonchev–Trinajstić information content (AvgIpc) is 2.28. The molecular weight excluding hydrogens is 184 g/mol. The van der Waals surface area contributed by atoms with E-state index in [2.05, 4.69) is 23.3 Å². The molecule has 0 aliphatic carbocycles. The van der Waals surface area contributed by atoms with Gasteiger partial charge in [0, 0.05) is 37.4 Å². The second kappa shape index (κ2) is 3.56. The molecule has 70 valence electrons. The van der Waals surface area contributed by atoms with Crippen molar-refractivity contribution in [1.29, 1.82) is 0 Å². The van der Waals surface area contributed by atoms with Crippen LogP contribution in [0, 0.1) is 0 Å².